The number of aromatic nitrogens is 2. The molecule has 1 aromatic heterocycles. The van der Waals surface area contributed by atoms with Gasteiger partial charge in [-0.2, -0.15) is 0 Å². The van der Waals surface area contributed by atoms with Crippen LogP contribution < -0.4 is 10.6 Å². The third kappa shape index (κ3) is 4.26. The number of nitrogens with one attached hydrogen (secondary N) is 2. The van der Waals surface area contributed by atoms with Gasteiger partial charge in [-0.05, 0) is 62.3 Å². The lowest BCUT2D eigenvalue weighted by atomic mass is 10.2. The maximum absolute atomic E-state index is 13.2. The minimum Gasteiger partial charge on any atom is -0.348 e. The first-order chi connectivity index (χ1) is 13.7. The van der Waals surface area contributed by atoms with Crippen LogP contribution in [0.25, 0.3) is 10.9 Å². The van der Waals surface area contributed by atoms with Gasteiger partial charge in [0.2, 0.25) is 5.82 Å². The molecule has 6 nitrogen and oxygen atoms in total. The van der Waals surface area contributed by atoms with E-state index in [-0.39, 0.29) is 17.5 Å². The lowest BCUT2D eigenvalue weighted by Gasteiger charge is -2.15. The third-order valence-electron chi connectivity index (χ3n) is 4.83. The summed E-state index contributed by atoms with van der Waals surface area (Å²) in [5.74, 6) is 0.0231. The van der Waals surface area contributed by atoms with Crippen molar-refractivity contribution in [2.24, 2.45) is 0 Å². The van der Waals surface area contributed by atoms with Gasteiger partial charge in [0.25, 0.3) is 5.91 Å². The number of rotatable bonds is 6. The Hall–Kier alpha value is -3.06. The van der Waals surface area contributed by atoms with Crippen LogP contribution >= 0.6 is 0 Å². The lowest BCUT2D eigenvalue weighted by Crippen LogP contribution is -2.34. The van der Waals surface area contributed by atoms with Crippen LogP contribution in [0.1, 0.15) is 23.5 Å². The van der Waals surface area contributed by atoms with Crippen LogP contribution in [0.2, 0.25) is 0 Å². The summed E-state index contributed by atoms with van der Waals surface area (Å²) < 4.78 is 13.2. The van der Waals surface area contributed by atoms with Crippen LogP contribution in [-0.2, 0) is 0 Å². The SMILES string of the molecule is O=C(NCCN1CCCC1)c1nc(Nc2ccc(F)cc2)c2ccccc2n1. The van der Waals surface area contributed by atoms with Gasteiger partial charge in [-0.1, -0.05) is 12.1 Å². The zero-order valence-corrected chi connectivity index (χ0v) is 15.5. The molecule has 0 unspecified atom stereocenters. The van der Waals surface area contributed by atoms with Crippen molar-refractivity contribution in [3.8, 4) is 0 Å². The van der Waals surface area contributed by atoms with Gasteiger partial charge in [0.05, 0.1) is 5.52 Å². The van der Waals surface area contributed by atoms with Crippen LogP contribution in [0, 0.1) is 5.82 Å². The summed E-state index contributed by atoms with van der Waals surface area (Å²) >= 11 is 0. The van der Waals surface area contributed by atoms with E-state index in [1.165, 1.54) is 25.0 Å². The molecule has 1 fully saturated rings. The number of benzene rings is 2. The number of fused-ring (bicyclic) bond motifs is 1. The fraction of sp³-hybridized carbons (Fsp3) is 0.286. The number of para-hydroxylation sites is 1. The molecule has 1 saturated heterocycles. The second-order valence-electron chi connectivity index (χ2n) is 6.85. The average molecular weight is 379 g/mol. The molecular formula is C21H22FN5O. The third-order valence-corrected chi connectivity index (χ3v) is 4.83. The highest BCUT2D eigenvalue weighted by atomic mass is 19.1. The predicted octanol–water partition coefficient (Wildman–Crippen LogP) is 3.34. The molecule has 7 heteroatoms. The normalized spacial score (nSPS) is 14.3. The Morgan fingerprint density at radius 3 is 2.57 bits per heavy atom. The molecule has 1 aliphatic rings. The van der Waals surface area contributed by atoms with Gasteiger partial charge in [-0.3, -0.25) is 4.79 Å². The van der Waals surface area contributed by atoms with Crippen molar-refractivity contribution in [3.63, 3.8) is 0 Å². The first-order valence-corrected chi connectivity index (χ1v) is 9.49. The number of carbonyl (C=O) groups is 1. The molecule has 1 amide bonds. The van der Waals surface area contributed by atoms with Gasteiger partial charge in [0.15, 0.2) is 0 Å². The second kappa shape index (κ2) is 8.31. The zero-order chi connectivity index (χ0) is 19.3. The fourth-order valence-electron chi connectivity index (χ4n) is 3.36. The van der Waals surface area contributed by atoms with E-state index in [2.05, 4.69) is 25.5 Å². The van der Waals surface area contributed by atoms with E-state index in [4.69, 9.17) is 0 Å². The van der Waals surface area contributed by atoms with E-state index < -0.39 is 0 Å². The largest absolute Gasteiger partial charge is 0.348 e. The molecule has 0 aliphatic carbocycles. The summed E-state index contributed by atoms with van der Waals surface area (Å²) in [5.41, 5.74) is 1.36. The highest BCUT2D eigenvalue weighted by molar-refractivity contribution is 5.97. The quantitative estimate of drug-likeness (QED) is 0.687. The summed E-state index contributed by atoms with van der Waals surface area (Å²) in [5, 5.41) is 6.86. The molecule has 28 heavy (non-hydrogen) atoms. The topological polar surface area (TPSA) is 70.2 Å². The van der Waals surface area contributed by atoms with E-state index >= 15 is 0 Å². The molecule has 2 aromatic carbocycles. The van der Waals surface area contributed by atoms with E-state index in [0.717, 1.165) is 25.0 Å². The minimum atomic E-state index is -0.309. The summed E-state index contributed by atoms with van der Waals surface area (Å²) in [4.78, 5) is 23.7. The number of anilines is 2. The molecule has 2 heterocycles. The second-order valence-corrected chi connectivity index (χ2v) is 6.85. The predicted molar refractivity (Wildman–Crippen MR) is 107 cm³/mol. The molecular weight excluding hydrogens is 357 g/mol. The van der Waals surface area contributed by atoms with E-state index in [1.54, 1.807) is 12.1 Å². The van der Waals surface area contributed by atoms with Crippen molar-refractivity contribution in [1.82, 2.24) is 20.2 Å². The number of nitrogens with zero attached hydrogens (tertiary/aromatic N) is 3. The molecule has 3 aromatic rings. The van der Waals surface area contributed by atoms with Gasteiger partial charge >= 0.3 is 0 Å². The number of hydrogen-bond donors (Lipinski definition) is 2. The van der Waals surface area contributed by atoms with Crippen LogP contribution in [0.15, 0.2) is 48.5 Å². The van der Waals surface area contributed by atoms with E-state index in [9.17, 15) is 9.18 Å². The lowest BCUT2D eigenvalue weighted by molar-refractivity contribution is 0.0940. The molecule has 4 rings (SSSR count). The Bertz CT molecular complexity index is 970. The van der Waals surface area contributed by atoms with Crippen LogP contribution in [0.4, 0.5) is 15.9 Å². The van der Waals surface area contributed by atoms with Crippen molar-refractivity contribution >= 4 is 28.3 Å². The summed E-state index contributed by atoms with van der Waals surface area (Å²) in [6, 6.07) is 13.5. The Labute approximate surface area is 162 Å². The molecule has 0 spiro atoms. The molecule has 0 saturated carbocycles. The van der Waals surface area contributed by atoms with Crippen molar-refractivity contribution in [2.45, 2.75) is 12.8 Å². The number of hydrogen-bond acceptors (Lipinski definition) is 5. The highest BCUT2D eigenvalue weighted by Gasteiger charge is 2.15. The number of halogens is 1. The summed E-state index contributed by atoms with van der Waals surface area (Å²) in [6.45, 7) is 3.58. The van der Waals surface area contributed by atoms with Gasteiger partial charge in [-0.15, -0.1) is 0 Å². The first-order valence-electron chi connectivity index (χ1n) is 9.49. The molecule has 0 bridgehead atoms. The smallest absolute Gasteiger partial charge is 0.289 e. The molecule has 2 N–H and O–H groups in total. The average Bonchev–Trinajstić information content (AvgIpc) is 3.23. The van der Waals surface area contributed by atoms with Crippen molar-refractivity contribution in [2.75, 3.05) is 31.5 Å². The Morgan fingerprint density at radius 1 is 1.04 bits per heavy atom. The van der Waals surface area contributed by atoms with E-state index in [0.29, 0.717) is 23.6 Å². The molecule has 1 aliphatic heterocycles. The molecule has 0 atom stereocenters. The minimum absolute atomic E-state index is 0.115. The van der Waals surface area contributed by atoms with E-state index in [1.807, 2.05) is 24.3 Å². The summed E-state index contributed by atoms with van der Waals surface area (Å²) in [7, 11) is 0. The summed E-state index contributed by atoms with van der Waals surface area (Å²) in [6.07, 6.45) is 2.44. The number of carbonyl (C=O) groups excluding carboxylic acids is 1. The van der Waals surface area contributed by atoms with Crippen LogP contribution in [0.5, 0.6) is 0 Å². The Balaban J connectivity index is 1.54. The highest BCUT2D eigenvalue weighted by Crippen LogP contribution is 2.24. The van der Waals surface area contributed by atoms with Gasteiger partial charge in [-0.25, -0.2) is 14.4 Å². The van der Waals surface area contributed by atoms with Gasteiger partial charge < -0.3 is 15.5 Å². The molecule has 144 valence electrons. The van der Waals surface area contributed by atoms with Crippen LogP contribution in [-0.4, -0.2) is 47.0 Å². The van der Waals surface area contributed by atoms with Crippen LogP contribution in [0.3, 0.4) is 0 Å². The van der Waals surface area contributed by atoms with Crippen molar-refractivity contribution < 1.29 is 9.18 Å². The maximum atomic E-state index is 13.2. The van der Waals surface area contributed by atoms with Crippen molar-refractivity contribution in [1.29, 1.82) is 0 Å². The number of amides is 1. The zero-order valence-electron chi connectivity index (χ0n) is 15.5. The monoisotopic (exact) mass is 379 g/mol. The number of likely N-dealkylation sites (tertiary alicyclic amines) is 1. The molecule has 0 radical (unpaired) electrons. The fourth-order valence-corrected chi connectivity index (χ4v) is 3.36. The standard InChI is InChI=1S/C21H22FN5O/c22-15-7-9-16(10-8-15)24-19-17-5-1-2-6-18(17)25-20(26-19)21(28)23-11-14-27-12-3-4-13-27/h1-2,5-10H,3-4,11-14H2,(H,23,28)(H,24,25,26). The van der Waals surface area contributed by atoms with Gasteiger partial charge in [0, 0.05) is 24.2 Å². The van der Waals surface area contributed by atoms with Crippen molar-refractivity contribution in [3.05, 3.63) is 60.2 Å². The van der Waals surface area contributed by atoms with Gasteiger partial charge in [0.1, 0.15) is 11.6 Å². The maximum Gasteiger partial charge on any atom is 0.289 e. The first kappa shape index (κ1) is 18.3. The Morgan fingerprint density at radius 2 is 1.79 bits per heavy atom. The Kier molecular flexibility index (Phi) is 5.43.